The molecule has 0 bridgehead atoms. The molecule has 2 aliphatic rings. The van der Waals surface area contributed by atoms with E-state index < -0.39 is 0 Å². The Kier molecular flexibility index (Phi) is 7.59. The van der Waals surface area contributed by atoms with Crippen molar-refractivity contribution in [2.75, 3.05) is 44.2 Å². The Morgan fingerprint density at radius 2 is 1.38 bits per heavy atom. The Labute approximate surface area is 230 Å². The van der Waals surface area contributed by atoms with E-state index in [1.165, 1.54) is 11.1 Å². The molecular weight excluding hydrogens is 484 g/mol. The van der Waals surface area contributed by atoms with Gasteiger partial charge in [0.2, 0.25) is 5.91 Å². The zero-order valence-corrected chi connectivity index (χ0v) is 22.1. The fraction of sp³-hybridized carbons (Fsp3) is 0.312. The third-order valence-corrected chi connectivity index (χ3v) is 8.00. The smallest absolute Gasteiger partial charge is 0.225 e. The van der Waals surface area contributed by atoms with Gasteiger partial charge in [0.05, 0.1) is 11.7 Å². The second-order valence-corrected chi connectivity index (χ2v) is 10.4. The lowest BCUT2D eigenvalue weighted by atomic mass is 9.94. The highest BCUT2D eigenvalue weighted by Crippen LogP contribution is 2.30. The first-order valence-electron chi connectivity index (χ1n) is 13.9. The molecule has 0 aliphatic carbocycles. The predicted molar refractivity (Wildman–Crippen MR) is 153 cm³/mol. The number of pyridine rings is 1. The third-order valence-electron chi connectivity index (χ3n) is 8.00. The van der Waals surface area contributed by atoms with Gasteiger partial charge in [0.1, 0.15) is 0 Å². The van der Waals surface area contributed by atoms with Crippen molar-refractivity contribution in [3.63, 3.8) is 0 Å². The van der Waals surface area contributed by atoms with E-state index in [1.54, 1.807) is 12.4 Å². The van der Waals surface area contributed by atoms with Gasteiger partial charge in [-0.05, 0) is 48.2 Å². The summed E-state index contributed by atoms with van der Waals surface area (Å²) in [5, 5.41) is 8.87. The molecule has 2 aromatic heterocycles. The van der Waals surface area contributed by atoms with Crippen LogP contribution in [0.2, 0.25) is 0 Å². The molecular formula is C32H34N6O. The zero-order chi connectivity index (χ0) is 26.4. The van der Waals surface area contributed by atoms with E-state index in [0.29, 0.717) is 5.91 Å². The van der Waals surface area contributed by atoms with Crippen LogP contribution in [-0.4, -0.2) is 70.2 Å². The average Bonchev–Trinajstić information content (AvgIpc) is 3.03. The van der Waals surface area contributed by atoms with Gasteiger partial charge in [-0.1, -0.05) is 60.7 Å². The number of piperazine rings is 1. The Bertz CT molecular complexity index is 1290. The van der Waals surface area contributed by atoms with Gasteiger partial charge in [-0.3, -0.25) is 14.7 Å². The van der Waals surface area contributed by atoms with Crippen LogP contribution in [0.4, 0.5) is 5.82 Å². The third kappa shape index (κ3) is 5.68. The van der Waals surface area contributed by atoms with Crippen molar-refractivity contribution in [1.29, 1.82) is 0 Å². The van der Waals surface area contributed by atoms with Crippen LogP contribution in [0.25, 0.3) is 11.3 Å². The minimum atomic E-state index is 0.0782. The van der Waals surface area contributed by atoms with E-state index in [-0.39, 0.29) is 12.0 Å². The monoisotopic (exact) mass is 518 g/mol. The first-order valence-corrected chi connectivity index (χ1v) is 13.9. The van der Waals surface area contributed by atoms with Crippen molar-refractivity contribution in [3.8, 4) is 11.3 Å². The highest BCUT2D eigenvalue weighted by molar-refractivity contribution is 5.79. The lowest BCUT2D eigenvalue weighted by Gasteiger charge is -2.41. The first-order chi connectivity index (χ1) is 19.3. The largest absolute Gasteiger partial charge is 0.355 e. The topological polar surface area (TPSA) is 65.5 Å². The van der Waals surface area contributed by atoms with E-state index in [0.717, 1.165) is 69.2 Å². The Morgan fingerprint density at radius 1 is 0.718 bits per heavy atom. The molecule has 7 nitrogen and oxygen atoms in total. The Balaban J connectivity index is 1.04. The summed E-state index contributed by atoms with van der Waals surface area (Å²) in [4.78, 5) is 24.5. The number of rotatable bonds is 6. The maximum absolute atomic E-state index is 13.5. The van der Waals surface area contributed by atoms with Crippen LogP contribution in [0.5, 0.6) is 0 Å². The molecule has 39 heavy (non-hydrogen) atoms. The van der Waals surface area contributed by atoms with E-state index in [2.05, 4.69) is 90.5 Å². The van der Waals surface area contributed by atoms with Crippen molar-refractivity contribution in [2.45, 2.75) is 18.9 Å². The standard InChI is InChI=1S/C32H34N6O/c39-32(27-15-18-36(19-16-27)30-14-13-29(34-35-30)28-12-7-17-33-24-28)38-22-20-37(21-23-38)31(25-8-3-1-4-9-25)26-10-5-2-6-11-26/h1-14,17,24,27,31H,15-16,18-23H2. The fourth-order valence-corrected chi connectivity index (χ4v) is 5.86. The highest BCUT2D eigenvalue weighted by Gasteiger charge is 2.33. The van der Waals surface area contributed by atoms with E-state index in [9.17, 15) is 4.79 Å². The number of hydrogen-bond acceptors (Lipinski definition) is 6. The van der Waals surface area contributed by atoms with Gasteiger partial charge in [-0.2, -0.15) is 0 Å². The van der Waals surface area contributed by atoms with Crippen LogP contribution >= 0.6 is 0 Å². The minimum absolute atomic E-state index is 0.0782. The second-order valence-electron chi connectivity index (χ2n) is 10.4. The van der Waals surface area contributed by atoms with Gasteiger partial charge in [-0.15, -0.1) is 10.2 Å². The van der Waals surface area contributed by atoms with Crippen LogP contribution in [-0.2, 0) is 4.79 Å². The van der Waals surface area contributed by atoms with Crippen molar-refractivity contribution in [1.82, 2.24) is 25.0 Å². The number of amides is 1. The summed E-state index contributed by atoms with van der Waals surface area (Å²) in [6, 6.07) is 29.5. The molecule has 1 amide bonds. The molecule has 4 heterocycles. The van der Waals surface area contributed by atoms with Crippen molar-refractivity contribution in [3.05, 3.63) is 108 Å². The molecule has 6 rings (SSSR count). The van der Waals surface area contributed by atoms with Crippen LogP contribution in [0.15, 0.2) is 97.3 Å². The lowest BCUT2D eigenvalue weighted by molar-refractivity contribution is -0.138. The normalized spacial score (nSPS) is 16.9. The van der Waals surface area contributed by atoms with Gasteiger partial charge in [0, 0.05) is 63.1 Å². The molecule has 198 valence electrons. The minimum Gasteiger partial charge on any atom is -0.355 e. The van der Waals surface area contributed by atoms with Crippen LogP contribution in [0.1, 0.15) is 30.0 Å². The summed E-state index contributed by atoms with van der Waals surface area (Å²) in [6.45, 7) is 4.94. The van der Waals surface area contributed by atoms with Crippen LogP contribution in [0.3, 0.4) is 0 Å². The molecule has 2 saturated heterocycles. The molecule has 7 heteroatoms. The first kappa shape index (κ1) is 25.2. The number of hydrogen-bond donors (Lipinski definition) is 0. The van der Waals surface area contributed by atoms with Gasteiger partial charge < -0.3 is 9.80 Å². The molecule has 0 radical (unpaired) electrons. The van der Waals surface area contributed by atoms with E-state index in [1.807, 2.05) is 24.3 Å². The van der Waals surface area contributed by atoms with E-state index in [4.69, 9.17) is 0 Å². The molecule has 2 aromatic carbocycles. The second kappa shape index (κ2) is 11.7. The van der Waals surface area contributed by atoms with Crippen molar-refractivity contribution >= 4 is 11.7 Å². The number of piperidine rings is 1. The maximum Gasteiger partial charge on any atom is 0.225 e. The molecule has 2 aliphatic heterocycles. The van der Waals surface area contributed by atoms with Crippen molar-refractivity contribution < 1.29 is 4.79 Å². The van der Waals surface area contributed by atoms with Gasteiger partial charge >= 0.3 is 0 Å². The lowest BCUT2D eigenvalue weighted by Crippen LogP contribution is -2.52. The molecule has 0 saturated carbocycles. The highest BCUT2D eigenvalue weighted by atomic mass is 16.2. The summed E-state index contributed by atoms with van der Waals surface area (Å²) in [7, 11) is 0. The number of benzene rings is 2. The average molecular weight is 519 g/mol. The molecule has 0 unspecified atom stereocenters. The number of aromatic nitrogens is 3. The summed E-state index contributed by atoms with van der Waals surface area (Å²) < 4.78 is 0. The van der Waals surface area contributed by atoms with Crippen LogP contribution < -0.4 is 4.90 Å². The molecule has 0 N–H and O–H groups in total. The SMILES string of the molecule is O=C(C1CCN(c2ccc(-c3cccnc3)nn2)CC1)N1CCN(C(c2ccccc2)c2ccccc2)CC1. The number of nitrogens with zero attached hydrogens (tertiary/aromatic N) is 6. The zero-order valence-electron chi connectivity index (χ0n) is 22.1. The summed E-state index contributed by atoms with van der Waals surface area (Å²) in [5.41, 5.74) is 4.37. The van der Waals surface area contributed by atoms with E-state index >= 15 is 0 Å². The quantitative estimate of drug-likeness (QED) is 0.369. The summed E-state index contributed by atoms with van der Waals surface area (Å²) >= 11 is 0. The maximum atomic E-state index is 13.5. The van der Waals surface area contributed by atoms with Gasteiger partial charge in [-0.25, -0.2) is 0 Å². The summed E-state index contributed by atoms with van der Waals surface area (Å²) in [5.74, 6) is 1.26. The molecule has 0 atom stereocenters. The number of carbonyl (C=O) groups excluding carboxylic acids is 1. The molecule has 2 fully saturated rings. The van der Waals surface area contributed by atoms with Gasteiger partial charge in [0.25, 0.3) is 0 Å². The number of carbonyl (C=O) groups is 1. The summed E-state index contributed by atoms with van der Waals surface area (Å²) in [6.07, 6.45) is 5.25. The van der Waals surface area contributed by atoms with Gasteiger partial charge in [0.15, 0.2) is 5.82 Å². The Morgan fingerprint density at radius 3 is 1.95 bits per heavy atom. The number of anilines is 1. The Hall–Kier alpha value is -4.10. The van der Waals surface area contributed by atoms with Crippen LogP contribution in [0, 0.1) is 5.92 Å². The molecule has 4 aromatic rings. The molecule has 0 spiro atoms. The predicted octanol–water partition coefficient (Wildman–Crippen LogP) is 4.69. The van der Waals surface area contributed by atoms with Crippen molar-refractivity contribution in [2.24, 2.45) is 5.92 Å². The fourth-order valence-electron chi connectivity index (χ4n) is 5.86.